The molecule has 0 bridgehead atoms. The van der Waals surface area contributed by atoms with Crippen molar-refractivity contribution in [1.82, 2.24) is 10.2 Å². The number of hydrogen-bond donors (Lipinski definition) is 1. The van der Waals surface area contributed by atoms with Crippen LogP contribution in [0, 0.1) is 5.82 Å². The minimum absolute atomic E-state index is 0.171. The van der Waals surface area contributed by atoms with Crippen molar-refractivity contribution in [3.05, 3.63) is 29.6 Å². The highest BCUT2D eigenvalue weighted by molar-refractivity contribution is 5.28. The fourth-order valence-electron chi connectivity index (χ4n) is 2.86. The molecular weight excluding hydrogens is 267 g/mol. The van der Waals surface area contributed by atoms with E-state index in [-0.39, 0.29) is 5.82 Å². The number of methoxy groups -OCH3 is 1. The number of rotatable bonds is 8. The van der Waals surface area contributed by atoms with E-state index in [2.05, 4.69) is 17.1 Å². The third-order valence-electron chi connectivity index (χ3n) is 4.12. The number of ether oxygens (including phenoxy) is 1. The molecule has 1 unspecified atom stereocenters. The Morgan fingerprint density at radius 3 is 2.90 bits per heavy atom. The molecule has 0 radical (unpaired) electrons. The standard InChI is InChI=1S/C17H27FN2O/c1-3-4-10-20(13-15-6-5-9-19-15)12-14-7-8-16(21-2)11-17(14)18/h7-8,11,15,19H,3-6,9-10,12-13H2,1-2H3. The first-order valence-corrected chi connectivity index (χ1v) is 8.01. The molecule has 1 aliphatic heterocycles. The smallest absolute Gasteiger partial charge is 0.131 e. The van der Waals surface area contributed by atoms with Gasteiger partial charge >= 0.3 is 0 Å². The molecule has 1 N–H and O–H groups in total. The summed E-state index contributed by atoms with van der Waals surface area (Å²) in [6.45, 7) is 6.02. The molecule has 0 saturated carbocycles. The molecule has 3 nitrogen and oxygen atoms in total. The average molecular weight is 294 g/mol. The van der Waals surface area contributed by atoms with Crippen molar-refractivity contribution in [2.75, 3.05) is 26.7 Å². The van der Waals surface area contributed by atoms with Crippen LogP contribution in [-0.2, 0) is 6.54 Å². The van der Waals surface area contributed by atoms with Gasteiger partial charge < -0.3 is 10.1 Å². The maximum Gasteiger partial charge on any atom is 0.131 e. The fraction of sp³-hybridized carbons (Fsp3) is 0.647. The van der Waals surface area contributed by atoms with Gasteiger partial charge in [0.05, 0.1) is 7.11 Å². The molecule has 21 heavy (non-hydrogen) atoms. The lowest BCUT2D eigenvalue weighted by Crippen LogP contribution is -2.37. The van der Waals surface area contributed by atoms with Crippen molar-refractivity contribution in [2.45, 2.75) is 45.2 Å². The van der Waals surface area contributed by atoms with Crippen molar-refractivity contribution in [3.8, 4) is 5.75 Å². The SMILES string of the molecule is CCCCN(Cc1ccc(OC)cc1F)CC1CCCN1. The molecular formula is C17H27FN2O. The highest BCUT2D eigenvalue weighted by Crippen LogP contribution is 2.19. The summed E-state index contributed by atoms with van der Waals surface area (Å²) in [7, 11) is 1.56. The van der Waals surface area contributed by atoms with Gasteiger partial charge in [0.1, 0.15) is 11.6 Å². The van der Waals surface area contributed by atoms with Crippen LogP contribution < -0.4 is 10.1 Å². The summed E-state index contributed by atoms with van der Waals surface area (Å²) in [6.07, 6.45) is 4.81. The van der Waals surface area contributed by atoms with E-state index in [4.69, 9.17) is 4.74 Å². The van der Waals surface area contributed by atoms with Crippen molar-refractivity contribution in [2.24, 2.45) is 0 Å². The molecule has 1 fully saturated rings. The molecule has 1 atom stereocenters. The van der Waals surface area contributed by atoms with E-state index >= 15 is 0 Å². The second-order valence-corrected chi connectivity index (χ2v) is 5.84. The predicted octanol–water partition coefficient (Wildman–Crippen LogP) is 3.19. The van der Waals surface area contributed by atoms with Crippen molar-refractivity contribution >= 4 is 0 Å². The number of nitrogens with zero attached hydrogens (tertiary/aromatic N) is 1. The Bertz CT molecular complexity index is 433. The maximum atomic E-state index is 14.1. The molecule has 0 aliphatic carbocycles. The van der Waals surface area contributed by atoms with Gasteiger partial charge in [0.25, 0.3) is 0 Å². The first-order valence-electron chi connectivity index (χ1n) is 8.01. The van der Waals surface area contributed by atoms with Gasteiger partial charge in [-0.15, -0.1) is 0 Å². The fourth-order valence-corrected chi connectivity index (χ4v) is 2.86. The van der Waals surface area contributed by atoms with E-state index in [0.29, 0.717) is 18.3 Å². The number of nitrogens with one attached hydrogen (secondary N) is 1. The predicted molar refractivity (Wildman–Crippen MR) is 84.2 cm³/mol. The summed E-state index contributed by atoms with van der Waals surface area (Å²) in [5.74, 6) is 0.407. The highest BCUT2D eigenvalue weighted by atomic mass is 19.1. The molecule has 1 aromatic carbocycles. The number of halogens is 1. The van der Waals surface area contributed by atoms with Crippen molar-refractivity contribution in [1.29, 1.82) is 0 Å². The van der Waals surface area contributed by atoms with Crippen LogP contribution in [0.5, 0.6) is 5.75 Å². The summed E-state index contributed by atoms with van der Waals surface area (Å²) in [5.41, 5.74) is 0.755. The van der Waals surface area contributed by atoms with Crippen LogP contribution in [0.1, 0.15) is 38.2 Å². The van der Waals surface area contributed by atoms with E-state index in [1.54, 1.807) is 7.11 Å². The van der Waals surface area contributed by atoms with Gasteiger partial charge in [-0.25, -0.2) is 4.39 Å². The number of hydrogen-bond acceptors (Lipinski definition) is 3. The summed E-state index contributed by atoms with van der Waals surface area (Å²) < 4.78 is 19.2. The zero-order valence-corrected chi connectivity index (χ0v) is 13.2. The van der Waals surface area contributed by atoms with Crippen molar-refractivity contribution < 1.29 is 9.13 Å². The molecule has 1 heterocycles. The van der Waals surface area contributed by atoms with Gasteiger partial charge in [0, 0.05) is 30.8 Å². The van der Waals surface area contributed by atoms with E-state index in [9.17, 15) is 4.39 Å². The highest BCUT2D eigenvalue weighted by Gasteiger charge is 2.18. The van der Waals surface area contributed by atoms with Crippen molar-refractivity contribution in [3.63, 3.8) is 0 Å². The first-order chi connectivity index (χ1) is 10.2. The van der Waals surface area contributed by atoms with Crippen LogP contribution >= 0.6 is 0 Å². The lowest BCUT2D eigenvalue weighted by Gasteiger charge is -2.26. The van der Waals surface area contributed by atoms with Gasteiger partial charge in [-0.3, -0.25) is 4.90 Å². The molecule has 1 saturated heterocycles. The second kappa shape index (κ2) is 8.35. The van der Waals surface area contributed by atoms with Crippen LogP contribution in [0.2, 0.25) is 0 Å². The largest absolute Gasteiger partial charge is 0.497 e. The number of unbranched alkanes of at least 4 members (excludes halogenated alkanes) is 1. The van der Waals surface area contributed by atoms with Crippen LogP contribution in [0.3, 0.4) is 0 Å². The number of benzene rings is 1. The Morgan fingerprint density at radius 1 is 1.43 bits per heavy atom. The van der Waals surface area contributed by atoms with E-state index in [0.717, 1.165) is 31.6 Å². The molecule has 4 heteroatoms. The zero-order chi connectivity index (χ0) is 15.1. The monoisotopic (exact) mass is 294 g/mol. The first kappa shape index (κ1) is 16.2. The lowest BCUT2D eigenvalue weighted by atomic mass is 10.1. The molecule has 118 valence electrons. The van der Waals surface area contributed by atoms with Gasteiger partial charge in [0.2, 0.25) is 0 Å². The van der Waals surface area contributed by atoms with Gasteiger partial charge in [0.15, 0.2) is 0 Å². The Hall–Kier alpha value is -1.13. The van der Waals surface area contributed by atoms with Gasteiger partial charge in [-0.2, -0.15) is 0 Å². The lowest BCUT2D eigenvalue weighted by molar-refractivity contribution is 0.234. The van der Waals surface area contributed by atoms with Gasteiger partial charge in [-0.05, 0) is 38.4 Å². The minimum atomic E-state index is -0.171. The molecule has 1 aromatic rings. The average Bonchev–Trinajstić information content (AvgIpc) is 2.99. The quantitative estimate of drug-likeness (QED) is 0.797. The van der Waals surface area contributed by atoms with E-state index in [1.807, 2.05) is 12.1 Å². The molecule has 0 spiro atoms. The third kappa shape index (κ3) is 4.97. The van der Waals surface area contributed by atoms with E-state index in [1.165, 1.54) is 25.3 Å². The summed E-state index contributed by atoms with van der Waals surface area (Å²) in [6, 6.07) is 5.71. The van der Waals surface area contributed by atoms with Crippen LogP contribution in [-0.4, -0.2) is 37.7 Å². The summed E-state index contributed by atoms with van der Waals surface area (Å²) in [5, 5.41) is 3.53. The normalized spacial score (nSPS) is 18.4. The van der Waals surface area contributed by atoms with Crippen LogP contribution in [0.4, 0.5) is 4.39 Å². The topological polar surface area (TPSA) is 24.5 Å². The maximum absolute atomic E-state index is 14.1. The van der Waals surface area contributed by atoms with Gasteiger partial charge in [-0.1, -0.05) is 19.4 Å². The molecule has 0 amide bonds. The minimum Gasteiger partial charge on any atom is -0.497 e. The Balaban J connectivity index is 1.99. The zero-order valence-electron chi connectivity index (χ0n) is 13.2. The van der Waals surface area contributed by atoms with Crippen LogP contribution in [0.15, 0.2) is 18.2 Å². The Morgan fingerprint density at radius 2 is 2.29 bits per heavy atom. The summed E-state index contributed by atoms with van der Waals surface area (Å²) >= 11 is 0. The Labute approximate surface area is 127 Å². The molecule has 1 aliphatic rings. The van der Waals surface area contributed by atoms with Crippen LogP contribution in [0.25, 0.3) is 0 Å². The second-order valence-electron chi connectivity index (χ2n) is 5.84. The van der Waals surface area contributed by atoms with E-state index < -0.39 is 0 Å². The summed E-state index contributed by atoms with van der Waals surface area (Å²) in [4.78, 5) is 2.37. The molecule has 2 rings (SSSR count). The molecule has 0 aromatic heterocycles. The Kier molecular flexibility index (Phi) is 6.46. The third-order valence-corrected chi connectivity index (χ3v) is 4.12.